The summed E-state index contributed by atoms with van der Waals surface area (Å²) in [4.78, 5) is 4.68. The Labute approximate surface area is 123 Å². The molecule has 0 radical (unpaired) electrons. The third kappa shape index (κ3) is 2.45. The molecular weight excluding hydrogens is 286 g/mol. The van der Waals surface area contributed by atoms with Crippen molar-refractivity contribution in [2.75, 3.05) is 5.75 Å². The summed E-state index contributed by atoms with van der Waals surface area (Å²) in [7, 11) is -3.32. The second-order valence-corrected chi connectivity index (χ2v) is 7.14. The highest BCUT2D eigenvalue weighted by Gasteiger charge is 2.20. The van der Waals surface area contributed by atoms with Gasteiger partial charge in [0.15, 0.2) is 15.4 Å². The van der Waals surface area contributed by atoms with E-state index in [1.807, 2.05) is 25.1 Å². The first-order valence-corrected chi connectivity index (χ1v) is 8.36. The maximum absolute atomic E-state index is 12.2. The molecule has 3 aromatic rings. The number of aromatic nitrogens is 1. The number of oxazole rings is 1. The monoisotopic (exact) mass is 301 g/mol. The zero-order valence-electron chi connectivity index (χ0n) is 11.8. The minimum atomic E-state index is -3.32. The Morgan fingerprint density at radius 3 is 2.67 bits per heavy atom. The van der Waals surface area contributed by atoms with Crippen molar-refractivity contribution in [2.45, 2.75) is 18.7 Å². The van der Waals surface area contributed by atoms with Gasteiger partial charge in [-0.1, -0.05) is 25.1 Å². The summed E-state index contributed by atoms with van der Waals surface area (Å²) in [5.74, 6) is 0.381. The molecule has 5 heteroatoms. The molecule has 0 fully saturated rings. The summed E-state index contributed by atoms with van der Waals surface area (Å²) in [6, 6.07) is 12.5. The Kier molecular flexibility index (Phi) is 3.29. The van der Waals surface area contributed by atoms with Gasteiger partial charge in [-0.15, -0.1) is 0 Å². The summed E-state index contributed by atoms with van der Waals surface area (Å²) < 4.78 is 30.1. The van der Waals surface area contributed by atoms with Gasteiger partial charge in [-0.3, -0.25) is 0 Å². The number of aryl methyl sites for hydroxylation is 1. The van der Waals surface area contributed by atoms with Gasteiger partial charge in [0.2, 0.25) is 5.89 Å². The van der Waals surface area contributed by atoms with E-state index in [2.05, 4.69) is 4.98 Å². The van der Waals surface area contributed by atoms with Gasteiger partial charge in [0, 0.05) is 0 Å². The number of hydrogen-bond donors (Lipinski definition) is 0. The highest BCUT2D eigenvalue weighted by molar-refractivity contribution is 7.91. The minimum absolute atomic E-state index is 0.0450. The van der Waals surface area contributed by atoms with E-state index in [9.17, 15) is 8.42 Å². The Balaban J connectivity index is 2.24. The first kappa shape index (κ1) is 13.8. The maximum atomic E-state index is 12.2. The molecule has 3 rings (SSSR count). The van der Waals surface area contributed by atoms with Gasteiger partial charge in [0.25, 0.3) is 0 Å². The molecule has 21 heavy (non-hydrogen) atoms. The van der Waals surface area contributed by atoms with Crippen LogP contribution in [0.2, 0.25) is 0 Å². The Hall–Kier alpha value is -2.14. The summed E-state index contributed by atoms with van der Waals surface area (Å²) in [5, 5.41) is 0. The molecule has 0 spiro atoms. The number of fused-ring (bicyclic) bond motifs is 1. The molecule has 0 unspecified atom stereocenters. The van der Waals surface area contributed by atoms with E-state index in [4.69, 9.17) is 4.42 Å². The van der Waals surface area contributed by atoms with Crippen LogP contribution in [0.5, 0.6) is 0 Å². The van der Waals surface area contributed by atoms with Crippen LogP contribution in [0.1, 0.15) is 12.5 Å². The molecule has 0 aliphatic rings. The third-order valence-electron chi connectivity index (χ3n) is 3.38. The van der Waals surface area contributed by atoms with Gasteiger partial charge in [0.1, 0.15) is 5.52 Å². The maximum Gasteiger partial charge on any atom is 0.228 e. The van der Waals surface area contributed by atoms with E-state index in [1.54, 1.807) is 31.2 Å². The topological polar surface area (TPSA) is 60.2 Å². The molecule has 2 aromatic carbocycles. The van der Waals surface area contributed by atoms with Crippen molar-refractivity contribution in [3.8, 4) is 11.5 Å². The van der Waals surface area contributed by atoms with Gasteiger partial charge in [-0.25, -0.2) is 13.4 Å². The van der Waals surface area contributed by atoms with Crippen molar-refractivity contribution in [1.82, 2.24) is 4.98 Å². The highest BCUT2D eigenvalue weighted by atomic mass is 32.2. The standard InChI is InChI=1S/C16H15NO3S/c1-3-21(18,19)15-7-5-4-6-12(15)16-17-13-10-11(2)8-9-14(13)20-16/h4-10H,3H2,1-2H3. The number of hydrogen-bond acceptors (Lipinski definition) is 4. The number of rotatable bonds is 3. The van der Waals surface area contributed by atoms with Crippen LogP contribution in [0, 0.1) is 6.92 Å². The van der Waals surface area contributed by atoms with Crippen molar-refractivity contribution in [3.05, 3.63) is 48.0 Å². The Bertz CT molecular complexity index is 910. The first-order chi connectivity index (χ1) is 10.0. The molecule has 0 N–H and O–H groups in total. The van der Waals surface area contributed by atoms with E-state index < -0.39 is 9.84 Å². The fraction of sp³-hybridized carbons (Fsp3) is 0.188. The van der Waals surface area contributed by atoms with E-state index in [0.717, 1.165) is 11.1 Å². The Morgan fingerprint density at radius 2 is 1.90 bits per heavy atom. The molecule has 0 aliphatic carbocycles. The number of sulfone groups is 1. The molecular formula is C16H15NO3S. The van der Waals surface area contributed by atoms with Gasteiger partial charge in [-0.2, -0.15) is 0 Å². The lowest BCUT2D eigenvalue weighted by atomic mass is 10.2. The molecule has 0 atom stereocenters. The fourth-order valence-corrected chi connectivity index (χ4v) is 3.31. The van der Waals surface area contributed by atoms with E-state index >= 15 is 0 Å². The van der Waals surface area contributed by atoms with Crippen molar-refractivity contribution >= 4 is 20.9 Å². The molecule has 1 heterocycles. The predicted molar refractivity (Wildman–Crippen MR) is 81.9 cm³/mol. The molecule has 1 aromatic heterocycles. The Morgan fingerprint density at radius 1 is 1.14 bits per heavy atom. The van der Waals surface area contributed by atoms with Crippen molar-refractivity contribution in [2.24, 2.45) is 0 Å². The number of benzene rings is 2. The van der Waals surface area contributed by atoms with Crippen LogP contribution in [0.15, 0.2) is 51.8 Å². The quantitative estimate of drug-likeness (QED) is 0.741. The summed E-state index contributed by atoms with van der Waals surface area (Å²) in [6.45, 7) is 3.60. The second-order valence-electron chi connectivity index (χ2n) is 4.89. The van der Waals surface area contributed by atoms with Crippen molar-refractivity contribution in [1.29, 1.82) is 0 Å². The van der Waals surface area contributed by atoms with Crippen LogP contribution >= 0.6 is 0 Å². The molecule has 108 valence electrons. The summed E-state index contributed by atoms with van der Waals surface area (Å²) in [5.41, 5.74) is 2.97. The summed E-state index contributed by atoms with van der Waals surface area (Å²) in [6.07, 6.45) is 0. The molecule has 0 bridgehead atoms. The van der Waals surface area contributed by atoms with E-state index in [1.165, 1.54) is 0 Å². The molecule has 0 amide bonds. The van der Waals surface area contributed by atoms with Crippen LogP contribution in [-0.4, -0.2) is 19.2 Å². The highest BCUT2D eigenvalue weighted by Crippen LogP contribution is 2.30. The minimum Gasteiger partial charge on any atom is -0.436 e. The van der Waals surface area contributed by atoms with Crippen LogP contribution in [0.4, 0.5) is 0 Å². The first-order valence-electron chi connectivity index (χ1n) is 6.70. The number of nitrogens with zero attached hydrogens (tertiary/aromatic N) is 1. The van der Waals surface area contributed by atoms with Gasteiger partial charge in [-0.05, 0) is 36.8 Å². The molecule has 0 aliphatic heterocycles. The smallest absolute Gasteiger partial charge is 0.228 e. The summed E-state index contributed by atoms with van der Waals surface area (Å²) >= 11 is 0. The lowest BCUT2D eigenvalue weighted by molar-refractivity contribution is 0.594. The van der Waals surface area contributed by atoms with Crippen molar-refractivity contribution in [3.63, 3.8) is 0 Å². The third-order valence-corrected chi connectivity index (χ3v) is 5.16. The van der Waals surface area contributed by atoms with Crippen LogP contribution < -0.4 is 0 Å². The molecule has 0 saturated carbocycles. The lowest BCUT2D eigenvalue weighted by Gasteiger charge is -2.05. The van der Waals surface area contributed by atoms with Gasteiger partial charge >= 0.3 is 0 Å². The van der Waals surface area contributed by atoms with Crippen molar-refractivity contribution < 1.29 is 12.8 Å². The van der Waals surface area contributed by atoms with Crippen LogP contribution in [0.25, 0.3) is 22.6 Å². The normalized spacial score (nSPS) is 11.9. The predicted octanol–water partition coefficient (Wildman–Crippen LogP) is 3.60. The SMILES string of the molecule is CCS(=O)(=O)c1ccccc1-c1nc2cc(C)ccc2o1. The van der Waals surface area contributed by atoms with E-state index in [-0.39, 0.29) is 10.6 Å². The average Bonchev–Trinajstić information content (AvgIpc) is 2.90. The average molecular weight is 301 g/mol. The fourth-order valence-electron chi connectivity index (χ4n) is 2.22. The zero-order chi connectivity index (χ0) is 15.0. The molecule has 0 saturated heterocycles. The lowest BCUT2D eigenvalue weighted by Crippen LogP contribution is -2.05. The zero-order valence-corrected chi connectivity index (χ0v) is 12.6. The van der Waals surface area contributed by atoms with Gasteiger partial charge < -0.3 is 4.42 Å². The van der Waals surface area contributed by atoms with E-state index in [0.29, 0.717) is 17.0 Å². The second kappa shape index (κ2) is 5.00. The van der Waals surface area contributed by atoms with Gasteiger partial charge in [0.05, 0.1) is 16.2 Å². The van der Waals surface area contributed by atoms with Crippen LogP contribution in [0.3, 0.4) is 0 Å². The largest absolute Gasteiger partial charge is 0.436 e. The molecule has 4 nitrogen and oxygen atoms in total. The van der Waals surface area contributed by atoms with Crippen LogP contribution in [-0.2, 0) is 9.84 Å².